The predicted molar refractivity (Wildman–Crippen MR) is 80.6 cm³/mol. The van der Waals surface area contributed by atoms with E-state index in [1.165, 1.54) is 12.5 Å². The molecular weight excluding hydrogens is 286 g/mol. The van der Waals surface area contributed by atoms with E-state index in [2.05, 4.69) is 17.1 Å². The number of rotatable bonds is 5. The number of hydrogen-bond acceptors (Lipinski definition) is 2. The molecule has 2 rings (SSSR count). The second-order valence-corrected chi connectivity index (χ2v) is 5.27. The Balaban J connectivity index is 0.00000180. The number of benzene rings is 1. The molecule has 0 radical (unpaired) electrons. The fraction of sp³-hybridized carbons (Fsp3) is 0.571. The van der Waals surface area contributed by atoms with Crippen molar-refractivity contribution in [2.45, 2.75) is 32.4 Å². The van der Waals surface area contributed by atoms with Crippen LogP contribution in [0.15, 0.2) is 18.2 Å². The predicted octanol–water partition coefficient (Wildman–Crippen LogP) is 3.47. The summed E-state index contributed by atoms with van der Waals surface area (Å²) >= 11 is 5.83. The van der Waals surface area contributed by atoms with Gasteiger partial charge in [0.1, 0.15) is 5.82 Å². The van der Waals surface area contributed by atoms with Gasteiger partial charge in [-0.05, 0) is 43.6 Å². The van der Waals surface area contributed by atoms with Crippen molar-refractivity contribution in [3.63, 3.8) is 0 Å². The molecule has 1 aliphatic heterocycles. The van der Waals surface area contributed by atoms with Crippen molar-refractivity contribution in [1.29, 1.82) is 0 Å². The van der Waals surface area contributed by atoms with Gasteiger partial charge in [-0.15, -0.1) is 12.4 Å². The molecule has 1 aromatic carbocycles. The summed E-state index contributed by atoms with van der Waals surface area (Å²) in [5.74, 6) is -0.343. The van der Waals surface area contributed by atoms with Gasteiger partial charge in [-0.2, -0.15) is 0 Å². The standard InChI is InChI=1S/C14H20ClFN2.ClH/c1-2-7-18(12-5-6-17-9-12)10-11-3-4-14(16)13(15)8-11;/h3-4,8,12,17H,2,5-7,9-10H2,1H3;1H. The molecule has 5 heteroatoms. The quantitative estimate of drug-likeness (QED) is 0.896. The third-order valence-electron chi connectivity index (χ3n) is 3.43. The van der Waals surface area contributed by atoms with E-state index in [0.717, 1.165) is 38.2 Å². The van der Waals surface area contributed by atoms with Gasteiger partial charge in [0.2, 0.25) is 0 Å². The van der Waals surface area contributed by atoms with Crippen molar-refractivity contribution in [1.82, 2.24) is 10.2 Å². The molecule has 1 atom stereocenters. The molecule has 1 aromatic rings. The van der Waals surface area contributed by atoms with Gasteiger partial charge in [-0.3, -0.25) is 4.90 Å². The molecule has 0 amide bonds. The summed E-state index contributed by atoms with van der Waals surface area (Å²) in [4.78, 5) is 2.46. The summed E-state index contributed by atoms with van der Waals surface area (Å²) in [7, 11) is 0. The molecule has 0 saturated carbocycles. The number of halogens is 3. The Kier molecular flexibility index (Phi) is 7.08. The van der Waals surface area contributed by atoms with E-state index < -0.39 is 0 Å². The maximum atomic E-state index is 13.1. The van der Waals surface area contributed by atoms with Gasteiger partial charge in [-0.1, -0.05) is 24.6 Å². The van der Waals surface area contributed by atoms with Crippen LogP contribution in [0.25, 0.3) is 0 Å². The van der Waals surface area contributed by atoms with Crippen LogP contribution in [0.3, 0.4) is 0 Å². The van der Waals surface area contributed by atoms with Crippen LogP contribution >= 0.6 is 24.0 Å². The highest BCUT2D eigenvalue weighted by atomic mass is 35.5. The van der Waals surface area contributed by atoms with Crippen LogP contribution in [0.1, 0.15) is 25.3 Å². The molecule has 1 aliphatic rings. The van der Waals surface area contributed by atoms with Crippen LogP contribution in [0, 0.1) is 5.82 Å². The van der Waals surface area contributed by atoms with E-state index in [9.17, 15) is 4.39 Å². The summed E-state index contributed by atoms with van der Waals surface area (Å²) in [5, 5.41) is 3.61. The lowest BCUT2D eigenvalue weighted by molar-refractivity contribution is 0.199. The minimum absolute atomic E-state index is 0. The minimum Gasteiger partial charge on any atom is -0.315 e. The Bertz CT molecular complexity index is 395. The summed E-state index contributed by atoms with van der Waals surface area (Å²) < 4.78 is 13.1. The van der Waals surface area contributed by atoms with Crippen LogP contribution in [0.5, 0.6) is 0 Å². The molecule has 2 nitrogen and oxygen atoms in total. The van der Waals surface area contributed by atoms with Gasteiger partial charge in [-0.25, -0.2) is 4.39 Å². The maximum Gasteiger partial charge on any atom is 0.141 e. The molecule has 108 valence electrons. The fourth-order valence-electron chi connectivity index (χ4n) is 2.50. The molecule has 1 fully saturated rings. The van der Waals surface area contributed by atoms with Crippen LogP contribution in [0.4, 0.5) is 4.39 Å². The van der Waals surface area contributed by atoms with E-state index in [-0.39, 0.29) is 23.2 Å². The summed E-state index contributed by atoms with van der Waals surface area (Å²) in [5.41, 5.74) is 1.08. The van der Waals surface area contributed by atoms with Gasteiger partial charge < -0.3 is 5.32 Å². The van der Waals surface area contributed by atoms with Crippen molar-refractivity contribution in [3.8, 4) is 0 Å². The van der Waals surface area contributed by atoms with Gasteiger partial charge in [0.25, 0.3) is 0 Å². The van der Waals surface area contributed by atoms with Gasteiger partial charge in [0.15, 0.2) is 0 Å². The third-order valence-corrected chi connectivity index (χ3v) is 3.72. The lowest BCUT2D eigenvalue weighted by Crippen LogP contribution is -2.36. The Morgan fingerprint density at radius 1 is 1.47 bits per heavy atom. The molecule has 1 heterocycles. The van der Waals surface area contributed by atoms with Gasteiger partial charge in [0, 0.05) is 19.1 Å². The fourth-order valence-corrected chi connectivity index (χ4v) is 2.70. The number of hydrogen-bond donors (Lipinski definition) is 1. The molecule has 1 unspecified atom stereocenters. The van der Waals surface area contributed by atoms with Crippen LogP contribution in [-0.4, -0.2) is 30.6 Å². The first-order chi connectivity index (χ1) is 8.70. The Morgan fingerprint density at radius 3 is 2.84 bits per heavy atom. The average molecular weight is 307 g/mol. The topological polar surface area (TPSA) is 15.3 Å². The smallest absolute Gasteiger partial charge is 0.141 e. The molecule has 0 aliphatic carbocycles. The minimum atomic E-state index is -0.343. The second kappa shape index (κ2) is 8.05. The third kappa shape index (κ3) is 4.60. The highest BCUT2D eigenvalue weighted by molar-refractivity contribution is 6.30. The zero-order valence-electron chi connectivity index (χ0n) is 11.2. The molecule has 0 bridgehead atoms. The van der Waals surface area contributed by atoms with Crippen molar-refractivity contribution in [2.24, 2.45) is 0 Å². The SMILES string of the molecule is CCCN(Cc1ccc(F)c(Cl)c1)C1CCNC1.Cl. The molecule has 1 N–H and O–H groups in total. The lowest BCUT2D eigenvalue weighted by Gasteiger charge is -2.28. The monoisotopic (exact) mass is 306 g/mol. The highest BCUT2D eigenvalue weighted by Crippen LogP contribution is 2.19. The Labute approximate surface area is 125 Å². The molecule has 1 saturated heterocycles. The van der Waals surface area contributed by atoms with Gasteiger partial charge >= 0.3 is 0 Å². The number of nitrogens with zero attached hydrogens (tertiary/aromatic N) is 1. The summed E-state index contributed by atoms with van der Waals surface area (Å²) in [6, 6.07) is 5.61. The van der Waals surface area contributed by atoms with Gasteiger partial charge in [0.05, 0.1) is 5.02 Å². The largest absolute Gasteiger partial charge is 0.315 e. The van der Waals surface area contributed by atoms with Crippen molar-refractivity contribution in [3.05, 3.63) is 34.6 Å². The Morgan fingerprint density at radius 2 is 2.26 bits per heavy atom. The number of nitrogens with one attached hydrogen (secondary N) is 1. The molecular formula is C14H21Cl2FN2. The maximum absolute atomic E-state index is 13.1. The zero-order chi connectivity index (χ0) is 13.0. The first-order valence-electron chi connectivity index (χ1n) is 6.59. The van der Waals surface area contributed by atoms with Crippen molar-refractivity contribution < 1.29 is 4.39 Å². The van der Waals surface area contributed by atoms with E-state index >= 15 is 0 Å². The molecule has 0 spiro atoms. The first kappa shape index (κ1) is 16.7. The normalized spacial score (nSPS) is 18.6. The van der Waals surface area contributed by atoms with E-state index in [4.69, 9.17) is 11.6 Å². The molecule has 19 heavy (non-hydrogen) atoms. The second-order valence-electron chi connectivity index (χ2n) is 4.87. The lowest BCUT2D eigenvalue weighted by atomic mass is 10.1. The summed E-state index contributed by atoms with van der Waals surface area (Å²) in [6.45, 7) is 6.25. The van der Waals surface area contributed by atoms with E-state index in [0.29, 0.717) is 6.04 Å². The molecule has 0 aromatic heterocycles. The van der Waals surface area contributed by atoms with Crippen LogP contribution in [-0.2, 0) is 6.54 Å². The van der Waals surface area contributed by atoms with Crippen LogP contribution in [0.2, 0.25) is 5.02 Å². The summed E-state index contributed by atoms with van der Waals surface area (Å²) in [6.07, 6.45) is 2.32. The highest BCUT2D eigenvalue weighted by Gasteiger charge is 2.21. The first-order valence-corrected chi connectivity index (χ1v) is 6.97. The average Bonchev–Trinajstić information content (AvgIpc) is 2.87. The van der Waals surface area contributed by atoms with E-state index in [1.807, 2.05) is 6.07 Å². The van der Waals surface area contributed by atoms with Crippen LogP contribution < -0.4 is 5.32 Å². The zero-order valence-corrected chi connectivity index (χ0v) is 12.7. The Hall–Kier alpha value is -0.350. The van der Waals surface area contributed by atoms with E-state index in [1.54, 1.807) is 6.07 Å². The van der Waals surface area contributed by atoms with Crippen molar-refractivity contribution in [2.75, 3.05) is 19.6 Å². The van der Waals surface area contributed by atoms with Crippen molar-refractivity contribution >= 4 is 24.0 Å².